The monoisotopic (exact) mass is 616 g/mol. The minimum atomic E-state index is -4.59. The lowest BCUT2D eigenvalue weighted by molar-refractivity contribution is -0.189. The van der Waals surface area contributed by atoms with Gasteiger partial charge in [0.15, 0.2) is 11.6 Å². The molecule has 1 nitrogen and oxygen atoms in total. The summed E-state index contributed by atoms with van der Waals surface area (Å²) in [5.41, 5.74) is -1.89. The summed E-state index contributed by atoms with van der Waals surface area (Å²) < 4.78 is 119. The maximum atomic E-state index is 14.8. The predicted molar refractivity (Wildman–Crippen MR) is 146 cm³/mol. The summed E-state index contributed by atoms with van der Waals surface area (Å²) in [5, 5.41) is -0.547. The second kappa shape index (κ2) is 13.1. The molecule has 0 saturated carbocycles. The molecule has 43 heavy (non-hydrogen) atoms. The summed E-state index contributed by atoms with van der Waals surface area (Å²) in [6, 6.07) is 9.38. The van der Waals surface area contributed by atoms with Crippen LogP contribution in [0.4, 0.5) is 35.1 Å². The minimum Gasteiger partial charge on any atom is -0.429 e. The van der Waals surface area contributed by atoms with E-state index in [2.05, 4.69) is 35.0 Å². The molecule has 0 aliphatic heterocycles. The fourth-order valence-electron chi connectivity index (χ4n) is 3.77. The number of hydrogen-bond acceptors (Lipinski definition) is 1. The Kier molecular flexibility index (Phi) is 9.48. The lowest BCUT2D eigenvalue weighted by Crippen LogP contribution is -2.25. The van der Waals surface area contributed by atoms with E-state index in [1.54, 1.807) is 12.1 Å². The van der Waals surface area contributed by atoms with Crippen LogP contribution in [0, 0.1) is 58.6 Å². The van der Waals surface area contributed by atoms with Crippen molar-refractivity contribution in [1.82, 2.24) is 0 Å². The van der Waals surface area contributed by atoms with Crippen molar-refractivity contribution in [2.24, 2.45) is 0 Å². The summed E-state index contributed by atoms with van der Waals surface area (Å²) >= 11 is 5.54. The highest BCUT2D eigenvalue weighted by molar-refractivity contribution is 6.30. The van der Waals surface area contributed by atoms with Crippen molar-refractivity contribution in [2.75, 3.05) is 0 Å². The highest BCUT2D eigenvalue weighted by Gasteiger charge is 2.41. The van der Waals surface area contributed by atoms with E-state index in [0.717, 1.165) is 24.3 Å². The van der Waals surface area contributed by atoms with Crippen molar-refractivity contribution < 1.29 is 39.9 Å². The average Bonchev–Trinajstić information content (AvgIpc) is 2.93. The minimum absolute atomic E-state index is 0.0651. The van der Waals surface area contributed by atoms with Crippen LogP contribution in [-0.4, -0.2) is 0 Å². The maximum absolute atomic E-state index is 14.8. The van der Waals surface area contributed by atoms with Gasteiger partial charge in [0.05, 0.1) is 16.1 Å². The van der Waals surface area contributed by atoms with E-state index >= 15 is 0 Å². The van der Waals surface area contributed by atoms with E-state index in [1.165, 1.54) is 12.1 Å². The first-order chi connectivity index (χ1) is 20.4. The van der Waals surface area contributed by atoms with E-state index in [1.807, 2.05) is 0 Å². The molecule has 0 saturated heterocycles. The first-order valence-electron chi connectivity index (χ1n) is 12.3. The molecule has 0 atom stereocenters. The Morgan fingerprint density at radius 2 is 1.26 bits per heavy atom. The molecule has 218 valence electrons. The lowest BCUT2D eigenvalue weighted by atomic mass is 10.1. The average molecular weight is 617 g/mol. The number of aryl methyl sites for hydroxylation is 1. The summed E-state index contributed by atoms with van der Waals surface area (Å²) in [5.74, 6) is 0.839. The molecular weight excluding hydrogens is 600 g/mol. The molecule has 0 bridgehead atoms. The fraction of sp³-hybridized carbons (Fsp3) is 0.0909. The molecule has 0 radical (unpaired) electrons. The van der Waals surface area contributed by atoms with E-state index in [-0.39, 0.29) is 22.3 Å². The number of allylic oxidation sites excluding steroid dienone is 1. The predicted octanol–water partition coefficient (Wildman–Crippen LogP) is 9.22. The Hall–Kier alpha value is -4.73. The third-order valence-electron chi connectivity index (χ3n) is 5.86. The third kappa shape index (κ3) is 7.57. The van der Waals surface area contributed by atoms with Gasteiger partial charge in [0.1, 0.15) is 34.6 Å². The molecule has 4 rings (SSSR count). The number of hydrogen-bond donors (Lipinski definition) is 0. The van der Waals surface area contributed by atoms with E-state index in [9.17, 15) is 35.1 Å². The fourth-order valence-corrected chi connectivity index (χ4v) is 3.98. The van der Waals surface area contributed by atoms with E-state index in [0.29, 0.717) is 36.6 Å². The summed E-state index contributed by atoms with van der Waals surface area (Å²) in [6.07, 6.45) is -1.72. The molecule has 0 amide bonds. The molecule has 0 N–H and O–H groups in total. The van der Waals surface area contributed by atoms with Crippen molar-refractivity contribution in [1.29, 1.82) is 0 Å². The second-order valence-corrected chi connectivity index (χ2v) is 9.38. The van der Waals surface area contributed by atoms with Gasteiger partial charge in [-0.3, -0.25) is 0 Å². The van der Waals surface area contributed by atoms with Crippen LogP contribution >= 0.6 is 11.6 Å². The van der Waals surface area contributed by atoms with Gasteiger partial charge in [0, 0.05) is 17.2 Å². The zero-order chi connectivity index (χ0) is 31.3. The molecule has 0 aliphatic rings. The van der Waals surface area contributed by atoms with Crippen molar-refractivity contribution in [3.05, 3.63) is 147 Å². The highest BCUT2D eigenvalue weighted by atomic mass is 35.5. The van der Waals surface area contributed by atoms with Gasteiger partial charge in [-0.05, 0) is 66.9 Å². The topological polar surface area (TPSA) is 9.23 Å². The number of ether oxygens (including phenoxy) is 1. The molecule has 4 aromatic carbocycles. The Morgan fingerprint density at radius 3 is 1.81 bits per heavy atom. The van der Waals surface area contributed by atoms with Crippen LogP contribution in [0.1, 0.15) is 39.8 Å². The van der Waals surface area contributed by atoms with Crippen molar-refractivity contribution in [3.63, 3.8) is 0 Å². The van der Waals surface area contributed by atoms with E-state index in [4.69, 9.17) is 11.6 Å². The zero-order valence-electron chi connectivity index (χ0n) is 21.8. The van der Waals surface area contributed by atoms with Gasteiger partial charge < -0.3 is 4.74 Å². The SMILES string of the molecule is C=CCCc1ccc(C#Cc2cc(F)c(C(F)(F)Oc3ccc(C#Cc4cc(F)c(F)c(Cl)c4)c(F)c3)c(F)c2)c(F)c1. The van der Waals surface area contributed by atoms with Crippen LogP contribution in [0.15, 0.2) is 73.3 Å². The Bertz CT molecular complexity index is 1800. The number of benzene rings is 4. The van der Waals surface area contributed by atoms with Crippen molar-refractivity contribution >= 4 is 11.6 Å². The van der Waals surface area contributed by atoms with Crippen LogP contribution in [-0.2, 0) is 12.5 Å². The van der Waals surface area contributed by atoms with Gasteiger partial charge in [0.25, 0.3) is 0 Å². The molecular formula is C33H17ClF8O. The lowest BCUT2D eigenvalue weighted by Gasteiger charge is -2.19. The van der Waals surface area contributed by atoms with Crippen molar-refractivity contribution in [3.8, 4) is 29.4 Å². The molecule has 0 unspecified atom stereocenters. The molecule has 4 aromatic rings. The Morgan fingerprint density at radius 1 is 0.698 bits per heavy atom. The van der Waals surface area contributed by atoms with Gasteiger partial charge in [-0.25, -0.2) is 26.3 Å². The van der Waals surface area contributed by atoms with E-state index < -0.39 is 57.3 Å². The molecule has 0 fully saturated rings. The van der Waals surface area contributed by atoms with Gasteiger partial charge in [0.2, 0.25) is 0 Å². The first-order valence-corrected chi connectivity index (χ1v) is 12.7. The van der Waals surface area contributed by atoms with Gasteiger partial charge in [-0.15, -0.1) is 6.58 Å². The Balaban J connectivity index is 1.53. The zero-order valence-corrected chi connectivity index (χ0v) is 22.5. The number of halogens is 9. The molecule has 0 aromatic heterocycles. The van der Waals surface area contributed by atoms with Crippen LogP contribution in [0.2, 0.25) is 5.02 Å². The van der Waals surface area contributed by atoms with Gasteiger partial charge >= 0.3 is 6.11 Å². The standard InChI is InChI=1S/C33H17ClF8O/c1-2-3-4-19-5-8-22(26(35)14-19)10-7-21-15-28(37)31(29(38)16-21)33(41,42)43-24-12-11-23(27(36)18-24)9-6-20-13-25(34)32(40)30(39)17-20/h2,5,8,11-18H,1,3-4H2. The van der Waals surface area contributed by atoms with Crippen LogP contribution < -0.4 is 4.74 Å². The quantitative estimate of drug-likeness (QED) is 0.0908. The maximum Gasteiger partial charge on any atom is 0.432 e. The van der Waals surface area contributed by atoms with Crippen LogP contribution in [0.5, 0.6) is 5.75 Å². The largest absolute Gasteiger partial charge is 0.432 e. The summed E-state index contributed by atoms with van der Waals surface area (Å²) in [6.45, 7) is 3.59. The first kappa shape index (κ1) is 31.2. The van der Waals surface area contributed by atoms with Gasteiger partial charge in [-0.2, -0.15) is 8.78 Å². The Labute approximate surface area is 246 Å². The molecule has 0 heterocycles. The van der Waals surface area contributed by atoms with Crippen LogP contribution in [0.3, 0.4) is 0 Å². The summed E-state index contributed by atoms with van der Waals surface area (Å²) in [4.78, 5) is 0. The molecule has 10 heteroatoms. The molecule has 0 aliphatic carbocycles. The summed E-state index contributed by atoms with van der Waals surface area (Å²) in [7, 11) is 0. The third-order valence-corrected chi connectivity index (χ3v) is 6.13. The number of rotatable bonds is 6. The second-order valence-electron chi connectivity index (χ2n) is 8.97. The number of alkyl halides is 2. The van der Waals surface area contributed by atoms with Crippen LogP contribution in [0.25, 0.3) is 0 Å². The smallest absolute Gasteiger partial charge is 0.429 e. The molecule has 0 spiro atoms. The van der Waals surface area contributed by atoms with Gasteiger partial charge in [-0.1, -0.05) is 47.4 Å². The normalized spacial score (nSPS) is 10.8. The highest BCUT2D eigenvalue weighted by Crippen LogP contribution is 2.36. The van der Waals surface area contributed by atoms with Crippen molar-refractivity contribution in [2.45, 2.75) is 19.0 Å².